The number of aliphatic hydroxyl groups is 3. The Bertz CT molecular complexity index is 819. The minimum absolute atomic E-state index is 0.344. The van der Waals surface area contributed by atoms with Gasteiger partial charge in [0.25, 0.3) is 0 Å². The van der Waals surface area contributed by atoms with Gasteiger partial charge < -0.3 is 25.4 Å². The number of aromatic nitrogens is 4. The smallest absolute Gasteiger partial charge is 0.167 e. The van der Waals surface area contributed by atoms with Gasteiger partial charge in [0.2, 0.25) is 0 Å². The standard InChI is InChI=1S/C22H35N5O4/c28-12-16-18(29)19(30)22(31-16)27-14-25-17-20(23-13-24-21(17)27)26-15-10-8-6-4-2-1-3-5-7-9-11-15/h13-16,18-19,22,28-30H,1-12H2,(H,23,24,26). The molecule has 1 aliphatic carbocycles. The molecule has 4 atom stereocenters. The molecule has 4 unspecified atom stereocenters. The molecule has 2 aromatic heterocycles. The van der Waals surface area contributed by atoms with E-state index in [9.17, 15) is 15.3 Å². The molecule has 0 bridgehead atoms. The number of ether oxygens (including phenoxy) is 1. The van der Waals surface area contributed by atoms with E-state index in [-0.39, 0.29) is 6.61 Å². The molecule has 0 amide bonds. The quantitative estimate of drug-likeness (QED) is 0.580. The summed E-state index contributed by atoms with van der Waals surface area (Å²) in [6, 6.07) is 0.344. The summed E-state index contributed by atoms with van der Waals surface area (Å²) in [5, 5.41) is 33.4. The normalized spacial score (nSPS) is 29.5. The molecule has 2 aromatic rings. The molecule has 0 spiro atoms. The number of imidazole rings is 1. The van der Waals surface area contributed by atoms with Crippen LogP contribution in [0.2, 0.25) is 0 Å². The van der Waals surface area contributed by atoms with Crippen molar-refractivity contribution in [2.24, 2.45) is 0 Å². The molecule has 2 aliphatic rings. The Morgan fingerprint density at radius 3 is 2.16 bits per heavy atom. The topological polar surface area (TPSA) is 126 Å². The highest BCUT2D eigenvalue weighted by molar-refractivity contribution is 5.82. The van der Waals surface area contributed by atoms with Crippen LogP contribution in [0.3, 0.4) is 0 Å². The van der Waals surface area contributed by atoms with Crippen LogP contribution in [-0.4, -0.2) is 65.8 Å². The van der Waals surface area contributed by atoms with E-state index in [1.165, 1.54) is 64.1 Å². The summed E-state index contributed by atoms with van der Waals surface area (Å²) in [5.41, 5.74) is 1.15. The third-order valence-corrected chi connectivity index (χ3v) is 6.60. The molecule has 4 N–H and O–H groups in total. The van der Waals surface area contributed by atoms with Gasteiger partial charge in [-0.2, -0.15) is 0 Å². The van der Waals surface area contributed by atoms with Crippen molar-refractivity contribution in [1.29, 1.82) is 0 Å². The summed E-state index contributed by atoms with van der Waals surface area (Å²) in [5.74, 6) is 0.688. The zero-order valence-corrected chi connectivity index (χ0v) is 18.1. The highest BCUT2D eigenvalue weighted by Crippen LogP contribution is 2.32. The Labute approximate surface area is 182 Å². The lowest BCUT2D eigenvalue weighted by Gasteiger charge is -2.20. The van der Waals surface area contributed by atoms with Gasteiger partial charge >= 0.3 is 0 Å². The summed E-state index contributed by atoms with van der Waals surface area (Å²) in [6.45, 7) is -0.370. The first-order chi connectivity index (χ1) is 15.2. The van der Waals surface area contributed by atoms with E-state index >= 15 is 0 Å². The Hall–Kier alpha value is -1.81. The SMILES string of the molecule is OCC1OC(n2cnc3c(NC4CCCCCCCCCCC4)ncnc32)C(O)C1O. The average Bonchev–Trinajstić information content (AvgIpc) is 3.32. The van der Waals surface area contributed by atoms with E-state index in [2.05, 4.69) is 20.3 Å². The second kappa shape index (κ2) is 10.7. The van der Waals surface area contributed by atoms with E-state index in [0.717, 1.165) is 12.8 Å². The van der Waals surface area contributed by atoms with Gasteiger partial charge in [-0.1, -0.05) is 57.8 Å². The average molecular weight is 434 g/mol. The first-order valence-corrected chi connectivity index (χ1v) is 11.8. The van der Waals surface area contributed by atoms with Crippen LogP contribution in [0.1, 0.15) is 76.9 Å². The maximum absolute atomic E-state index is 10.4. The number of nitrogens with one attached hydrogen (secondary N) is 1. The number of hydrogen-bond acceptors (Lipinski definition) is 8. The molecule has 0 aromatic carbocycles. The fraction of sp³-hybridized carbons (Fsp3) is 0.773. The summed E-state index contributed by atoms with van der Waals surface area (Å²) >= 11 is 0. The first-order valence-electron chi connectivity index (χ1n) is 11.8. The molecular formula is C22H35N5O4. The minimum atomic E-state index is -1.17. The van der Waals surface area contributed by atoms with Gasteiger partial charge in [-0.15, -0.1) is 0 Å². The highest BCUT2D eigenvalue weighted by atomic mass is 16.6. The second-order valence-corrected chi connectivity index (χ2v) is 8.88. The summed E-state index contributed by atoms with van der Waals surface area (Å²) < 4.78 is 7.25. The zero-order chi connectivity index (χ0) is 21.6. The van der Waals surface area contributed by atoms with Crippen LogP contribution in [0.25, 0.3) is 11.2 Å². The fourth-order valence-electron chi connectivity index (χ4n) is 4.75. The lowest BCUT2D eigenvalue weighted by atomic mass is 9.98. The van der Waals surface area contributed by atoms with Crippen molar-refractivity contribution in [2.45, 2.75) is 101 Å². The van der Waals surface area contributed by atoms with Crippen LogP contribution in [0.15, 0.2) is 12.7 Å². The van der Waals surface area contributed by atoms with E-state index in [0.29, 0.717) is 23.0 Å². The van der Waals surface area contributed by atoms with Crippen molar-refractivity contribution >= 4 is 17.0 Å². The van der Waals surface area contributed by atoms with Crippen molar-refractivity contribution in [3.05, 3.63) is 12.7 Å². The molecule has 1 saturated heterocycles. The number of anilines is 1. The third-order valence-electron chi connectivity index (χ3n) is 6.60. The first kappa shape index (κ1) is 22.4. The van der Waals surface area contributed by atoms with E-state index < -0.39 is 24.5 Å². The molecule has 172 valence electrons. The highest BCUT2D eigenvalue weighted by Gasteiger charge is 2.44. The minimum Gasteiger partial charge on any atom is -0.394 e. The Kier molecular flexibility index (Phi) is 7.71. The predicted octanol–water partition coefficient (Wildman–Crippen LogP) is 2.52. The molecule has 2 fully saturated rings. The summed E-state index contributed by atoms with van der Waals surface area (Å²) in [6.07, 6.45) is 12.9. The van der Waals surface area contributed by atoms with Crippen LogP contribution in [0, 0.1) is 0 Å². The van der Waals surface area contributed by atoms with Crippen molar-refractivity contribution in [2.75, 3.05) is 11.9 Å². The van der Waals surface area contributed by atoms with Gasteiger partial charge in [0, 0.05) is 6.04 Å². The number of hydrogen-bond donors (Lipinski definition) is 4. The molecule has 0 radical (unpaired) electrons. The van der Waals surface area contributed by atoms with Crippen molar-refractivity contribution in [1.82, 2.24) is 19.5 Å². The Balaban J connectivity index is 1.50. The molecule has 1 aliphatic heterocycles. The number of rotatable bonds is 4. The molecule has 9 nitrogen and oxygen atoms in total. The Morgan fingerprint density at radius 2 is 1.55 bits per heavy atom. The second-order valence-electron chi connectivity index (χ2n) is 8.88. The molecule has 1 saturated carbocycles. The van der Waals surface area contributed by atoms with Gasteiger partial charge in [-0.3, -0.25) is 4.57 Å². The maximum atomic E-state index is 10.4. The molecule has 3 heterocycles. The lowest BCUT2D eigenvalue weighted by Crippen LogP contribution is -2.33. The van der Waals surface area contributed by atoms with Crippen molar-refractivity contribution in [3.63, 3.8) is 0 Å². The van der Waals surface area contributed by atoms with Gasteiger partial charge in [0.05, 0.1) is 12.9 Å². The summed E-state index contributed by atoms with van der Waals surface area (Å²) in [7, 11) is 0. The predicted molar refractivity (Wildman–Crippen MR) is 117 cm³/mol. The van der Waals surface area contributed by atoms with Crippen LogP contribution in [0.5, 0.6) is 0 Å². The van der Waals surface area contributed by atoms with Crippen LogP contribution in [0.4, 0.5) is 5.82 Å². The van der Waals surface area contributed by atoms with Crippen molar-refractivity contribution in [3.8, 4) is 0 Å². The van der Waals surface area contributed by atoms with E-state index in [1.807, 2.05) is 0 Å². The van der Waals surface area contributed by atoms with Crippen molar-refractivity contribution < 1.29 is 20.1 Å². The van der Waals surface area contributed by atoms with Gasteiger partial charge in [0.15, 0.2) is 23.2 Å². The number of aliphatic hydroxyl groups excluding tert-OH is 3. The van der Waals surface area contributed by atoms with Gasteiger partial charge in [0.1, 0.15) is 24.6 Å². The van der Waals surface area contributed by atoms with Gasteiger partial charge in [-0.05, 0) is 12.8 Å². The third kappa shape index (κ3) is 5.16. The fourth-order valence-corrected chi connectivity index (χ4v) is 4.75. The number of nitrogens with zero attached hydrogens (tertiary/aromatic N) is 4. The molecule has 31 heavy (non-hydrogen) atoms. The van der Waals surface area contributed by atoms with Crippen LogP contribution >= 0.6 is 0 Å². The summed E-state index contributed by atoms with van der Waals surface area (Å²) in [4.78, 5) is 13.3. The molecule has 4 rings (SSSR count). The lowest BCUT2D eigenvalue weighted by molar-refractivity contribution is -0.0511. The molecule has 9 heteroatoms. The number of fused-ring (bicyclic) bond motifs is 1. The Morgan fingerprint density at radius 1 is 0.903 bits per heavy atom. The maximum Gasteiger partial charge on any atom is 0.167 e. The molecular weight excluding hydrogens is 398 g/mol. The van der Waals surface area contributed by atoms with E-state index in [1.54, 1.807) is 10.9 Å². The van der Waals surface area contributed by atoms with Crippen LogP contribution < -0.4 is 5.32 Å². The van der Waals surface area contributed by atoms with Crippen LogP contribution in [-0.2, 0) is 4.74 Å². The largest absolute Gasteiger partial charge is 0.394 e. The zero-order valence-electron chi connectivity index (χ0n) is 18.1. The van der Waals surface area contributed by atoms with Gasteiger partial charge in [-0.25, -0.2) is 15.0 Å². The van der Waals surface area contributed by atoms with E-state index in [4.69, 9.17) is 4.74 Å². The monoisotopic (exact) mass is 433 g/mol.